The first-order valence-electron chi connectivity index (χ1n) is 10.1. The van der Waals surface area contributed by atoms with Crippen molar-refractivity contribution < 1.29 is 19.4 Å². The number of benzene rings is 2. The Labute approximate surface area is 171 Å². The van der Waals surface area contributed by atoms with Crippen LogP contribution >= 0.6 is 0 Å². The number of methoxy groups -OCH3 is 1. The highest BCUT2D eigenvalue weighted by molar-refractivity contribution is 5.96. The van der Waals surface area contributed by atoms with E-state index in [-0.39, 0.29) is 5.78 Å². The fourth-order valence-electron chi connectivity index (χ4n) is 3.67. The quantitative estimate of drug-likeness (QED) is 0.494. The first kappa shape index (κ1) is 20.7. The minimum absolute atomic E-state index is 0.105. The highest BCUT2D eigenvalue weighted by atomic mass is 16.5. The molecule has 0 spiro atoms. The van der Waals surface area contributed by atoms with E-state index in [4.69, 9.17) is 4.74 Å². The van der Waals surface area contributed by atoms with Gasteiger partial charge in [0.1, 0.15) is 11.8 Å². The number of unbranched alkanes of at least 4 members (excludes halogenated alkanes) is 1. The van der Waals surface area contributed by atoms with Crippen LogP contribution in [0.1, 0.15) is 40.7 Å². The predicted molar refractivity (Wildman–Crippen MR) is 110 cm³/mol. The minimum Gasteiger partial charge on any atom is -0.530 e. The molecule has 1 aliphatic rings. The van der Waals surface area contributed by atoms with Crippen LogP contribution in [0.2, 0.25) is 0 Å². The van der Waals surface area contributed by atoms with Gasteiger partial charge in [0.15, 0.2) is 5.78 Å². The van der Waals surface area contributed by atoms with Gasteiger partial charge in [0.25, 0.3) is 0 Å². The molecule has 0 saturated heterocycles. The van der Waals surface area contributed by atoms with Crippen molar-refractivity contribution in [1.82, 2.24) is 4.90 Å². The lowest BCUT2D eigenvalue weighted by atomic mass is 10.0. The van der Waals surface area contributed by atoms with Gasteiger partial charge in [-0.15, -0.1) is 0 Å². The minimum atomic E-state index is -1.18. The van der Waals surface area contributed by atoms with Gasteiger partial charge in [0.05, 0.1) is 7.11 Å². The first-order valence-corrected chi connectivity index (χ1v) is 10.1. The van der Waals surface area contributed by atoms with Crippen LogP contribution in [0, 0.1) is 0 Å². The standard InChI is InChI=1S/C23H28N2O4/c1-29-22-8-3-2-6-17(22)12-15-25(23(27)28)14-5-4-7-21(26)19-9-10-20-18(16-19)11-13-24-20/h2-3,6,8-10,16,24H,4-5,7,11-15H2,1H3,(H,27,28)/p-1. The Morgan fingerprint density at radius 3 is 2.76 bits per heavy atom. The lowest BCUT2D eigenvalue weighted by Crippen LogP contribution is -2.42. The fourth-order valence-corrected chi connectivity index (χ4v) is 3.67. The van der Waals surface area contributed by atoms with E-state index in [1.807, 2.05) is 42.5 Å². The van der Waals surface area contributed by atoms with Crippen molar-refractivity contribution in [3.05, 3.63) is 59.2 Å². The Bertz CT molecular complexity index is 866. The van der Waals surface area contributed by atoms with Crippen LogP contribution in [0.5, 0.6) is 5.75 Å². The number of fused-ring (bicyclic) bond motifs is 1. The number of nitrogens with zero attached hydrogens (tertiary/aromatic N) is 1. The number of carbonyl (C=O) groups is 2. The Kier molecular flexibility index (Phi) is 7.11. The third-order valence-electron chi connectivity index (χ3n) is 5.32. The SMILES string of the molecule is COc1ccccc1CCN(CCCCC(=O)c1ccc2c(c1)CCN2)C(=O)[O-]. The average Bonchev–Trinajstić information content (AvgIpc) is 3.20. The second-order valence-corrected chi connectivity index (χ2v) is 7.24. The number of para-hydroxylation sites is 1. The number of ether oxygens (including phenoxy) is 1. The first-order chi connectivity index (χ1) is 14.1. The molecule has 1 aliphatic heterocycles. The summed E-state index contributed by atoms with van der Waals surface area (Å²) in [6, 6.07) is 13.4. The van der Waals surface area contributed by atoms with Crippen LogP contribution in [0.4, 0.5) is 10.5 Å². The highest BCUT2D eigenvalue weighted by Gasteiger charge is 2.14. The van der Waals surface area contributed by atoms with Crippen LogP contribution in [0.3, 0.4) is 0 Å². The van der Waals surface area contributed by atoms with Gasteiger partial charge in [-0.1, -0.05) is 18.2 Å². The van der Waals surface area contributed by atoms with E-state index in [9.17, 15) is 14.7 Å². The monoisotopic (exact) mass is 395 g/mol. The van der Waals surface area contributed by atoms with E-state index in [2.05, 4.69) is 5.32 Å². The van der Waals surface area contributed by atoms with Gasteiger partial charge >= 0.3 is 0 Å². The molecule has 0 bridgehead atoms. The van der Waals surface area contributed by atoms with E-state index in [1.54, 1.807) is 7.11 Å². The largest absolute Gasteiger partial charge is 0.530 e. The van der Waals surface area contributed by atoms with Gasteiger partial charge in [-0.2, -0.15) is 0 Å². The van der Waals surface area contributed by atoms with Crippen molar-refractivity contribution in [2.45, 2.75) is 32.1 Å². The van der Waals surface area contributed by atoms with E-state index in [0.29, 0.717) is 38.8 Å². The zero-order valence-corrected chi connectivity index (χ0v) is 16.8. The summed E-state index contributed by atoms with van der Waals surface area (Å²) >= 11 is 0. The third-order valence-corrected chi connectivity index (χ3v) is 5.32. The normalized spacial score (nSPS) is 12.2. The summed E-state index contributed by atoms with van der Waals surface area (Å²) in [7, 11) is 1.60. The molecule has 2 aromatic carbocycles. The Morgan fingerprint density at radius 1 is 1.14 bits per heavy atom. The van der Waals surface area contributed by atoms with Gasteiger partial charge in [-0.3, -0.25) is 4.79 Å². The number of carboxylic acid groups (broad SMARTS) is 1. The van der Waals surface area contributed by atoms with Crippen LogP contribution in [0.25, 0.3) is 0 Å². The maximum absolute atomic E-state index is 12.4. The molecule has 154 valence electrons. The Balaban J connectivity index is 1.44. The maximum atomic E-state index is 12.4. The van der Waals surface area contributed by atoms with Gasteiger partial charge < -0.3 is 24.9 Å². The molecular formula is C23H27N2O4-. The molecule has 1 N–H and O–H groups in total. The topological polar surface area (TPSA) is 81.7 Å². The van der Waals surface area contributed by atoms with E-state index in [0.717, 1.165) is 35.5 Å². The third kappa shape index (κ3) is 5.50. The molecule has 1 amide bonds. The van der Waals surface area contributed by atoms with Crippen molar-refractivity contribution >= 4 is 17.6 Å². The van der Waals surface area contributed by atoms with Gasteiger partial charge in [0.2, 0.25) is 0 Å². The lowest BCUT2D eigenvalue weighted by molar-refractivity contribution is -0.265. The second-order valence-electron chi connectivity index (χ2n) is 7.24. The maximum Gasteiger partial charge on any atom is 0.162 e. The average molecular weight is 395 g/mol. The highest BCUT2D eigenvalue weighted by Crippen LogP contribution is 2.24. The summed E-state index contributed by atoms with van der Waals surface area (Å²) in [5.74, 6) is 0.856. The molecule has 6 heteroatoms. The molecule has 0 aromatic heterocycles. The fraction of sp³-hybridized carbons (Fsp3) is 0.391. The zero-order chi connectivity index (χ0) is 20.6. The molecule has 0 fully saturated rings. The van der Waals surface area contributed by atoms with Crippen molar-refractivity contribution in [3.63, 3.8) is 0 Å². The van der Waals surface area contributed by atoms with Crippen LogP contribution in [0.15, 0.2) is 42.5 Å². The molecular weight excluding hydrogens is 368 g/mol. The summed E-state index contributed by atoms with van der Waals surface area (Å²) in [5.41, 5.74) is 4.00. The Morgan fingerprint density at radius 2 is 1.97 bits per heavy atom. The Hall–Kier alpha value is -3.02. The van der Waals surface area contributed by atoms with E-state index < -0.39 is 6.09 Å². The second kappa shape index (κ2) is 9.96. The molecule has 2 aromatic rings. The predicted octanol–water partition coefficient (Wildman–Crippen LogP) is 2.90. The van der Waals surface area contributed by atoms with E-state index >= 15 is 0 Å². The summed E-state index contributed by atoms with van der Waals surface area (Å²) in [6.07, 6.45) is 2.01. The molecule has 1 heterocycles. The number of rotatable bonds is 10. The zero-order valence-electron chi connectivity index (χ0n) is 16.8. The molecule has 0 aliphatic carbocycles. The number of amides is 1. The van der Waals surface area contributed by atoms with E-state index in [1.165, 1.54) is 10.5 Å². The van der Waals surface area contributed by atoms with Crippen LogP contribution in [-0.2, 0) is 12.8 Å². The van der Waals surface area contributed by atoms with Gasteiger partial charge in [-0.25, -0.2) is 0 Å². The summed E-state index contributed by atoms with van der Waals surface area (Å²) in [4.78, 5) is 25.2. The molecule has 0 unspecified atom stereocenters. The number of Topliss-reactive ketones (excluding diaryl/α,β-unsaturated/α-hetero) is 1. The molecule has 0 saturated carbocycles. The number of ketones is 1. The van der Waals surface area contributed by atoms with Crippen molar-refractivity contribution in [2.75, 3.05) is 32.1 Å². The molecule has 6 nitrogen and oxygen atoms in total. The number of anilines is 1. The van der Waals surface area contributed by atoms with Crippen molar-refractivity contribution in [2.24, 2.45) is 0 Å². The van der Waals surface area contributed by atoms with Crippen molar-refractivity contribution in [3.8, 4) is 5.75 Å². The number of carbonyl (C=O) groups excluding carboxylic acids is 2. The summed E-state index contributed by atoms with van der Waals surface area (Å²) in [5, 5.41) is 14.7. The number of hydrogen-bond acceptors (Lipinski definition) is 5. The molecule has 3 rings (SSSR count). The molecule has 0 atom stereocenters. The number of hydrogen-bond donors (Lipinski definition) is 1. The van der Waals surface area contributed by atoms with Crippen LogP contribution in [-0.4, -0.2) is 43.5 Å². The summed E-state index contributed by atoms with van der Waals surface area (Å²) < 4.78 is 5.31. The smallest absolute Gasteiger partial charge is 0.162 e. The van der Waals surface area contributed by atoms with Crippen molar-refractivity contribution in [1.29, 1.82) is 0 Å². The van der Waals surface area contributed by atoms with Gasteiger partial charge in [0, 0.05) is 37.3 Å². The van der Waals surface area contributed by atoms with Crippen LogP contribution < -0.4 is 15.2 Å². The molecule has 29 heavy (non-hydrogen) atoms. The van der Waals surface area contributed by atoms with Gasteiger partial charge in [-0.05, 0) is 61.1 Å². The lowest BCUT2D eigenvalue weighted by Gasteiger charge is -2.25. The molecule has 0 radical (unpaired) electrons. The summed E-state index contributed by atoms with van der Waals surface area (Å²) in [6.45, 7) is 1.62. The number of nitrogens with one attached hydrogen (secondary N) is 1.